The highest BCUT2D eigenvalue weighted by molar-refractivity contribution is 5.85. The van der Waals surface area contributed by atoms with Crippen LogP contribution in [0.5, 0.6) is 11.5 Å². The van der Waals surface area contributed by atoms with Crippen LogP contribution in [-0.4, -0.2) is 29.2 Å². The standard InChI is InChI=1S/C22H19N3O2/c1-26-21-12-18-19(24-14-25-20(18)13-22(21)27-2)11-15-4-3-5-17(10-15)16-6-8-23-9-7-16/h3-10,12-14H,11H2,1-2H3. The summed E-state index contributed by atoms with van der Waals surface area (Å²) in [7, 11) is 3.25. The van der Waals surface area contributed by atoms with Crippen LogP contribution in [0, 0.1) is 0 Å². The molecule has 0 atom stereocenters. The van der Waals surface area contributed by atoms with E-state index in [2.05, 4.69) is 39.2 Å². The molecular weight excluding hydrogens is 338 g/mol. The van der Waals surface area contributed by atoms with Crippen molar-refractivity contribution >= 4 is 10.9 Å². The first-order valence-electron chi connectivity index (χ1n) is 8.63. The summed E-state index contributed by atoms with van der Waals surface area (Å²) < 4.78 is 10.8. The van der Waals surface area contributed by atoms with E-state index in [4.69, 9.17) is 9.47 Å². The molecule has 0 saturated heterocycles. The van der Waals surface area contributed by atoms with Crippen molar-refractivity contribution in [3.8, 4) is 22.6 Å². The Bertz CT molecular complexity index is 1080. The Morgan fingerprint density at radius 2 is 1.59 bits per heavy atom. The number of pyridine rings is 1. The molecule has 0 bridgehead atoms. The van der Waals surface area contributed by atoms with Gasteiger partial charge in [0.05, 0.1) is 25.4 Å². The second-order valence-corrected chi connectivity index (χ2v) is 6.16. The van der Waals surface area contributed by atoms with Gasteiger partial charge in [0.1, 0.15) is 6.33 Å². The van der Waals surface area contributed by atoms with Crippen molar-refractivity contribution in [3.63, 3.8) is 0 Å². The van der Waals surface area contributed by atoms with Crippen LogP contribution in [0.4, 0.5) is 0 Å². The number of hydrogen-bond donors (Lipinski definition) is 0. The maximum atomic E-state index is 5.44. The third kappa shape index (κ3) is 3.44. The molecule has 0 radical (unpaired) electrons. The molecule has 4 aromatic rings. The van der Waals surface area contributed by atoms with Crippen LogP contribution in [0.15, 0.2) is 67.3 Å². The lowest BCUT2D eigenvalue weighted by Crippen LogP contribution is -1.98. The van der Waals surface area contributed by atoms with Crippen LogP contribution in [0.1, 0.15) is 11.3 Å². The van der Waals surface area contributed by atoms with Gasteiger partial charge in [-0.2, -0.15) is 0 Å². The highest BCUT2D eigenvalue weighted by atomic mass is 16.5. The predicted octanol–water partition coefficient (Wildman–Crippen LogP) is 4.30. The fourth-order valence-electron chi connectivity index (χ4n) is 3.18. The molecule has 134 valence electrons. The molecule has 0 N–H and O–H groups in total. The van der Waals surface area contributed by atoms with Crippen LogP contribution in [0.3, 0.4) is 0 Å². The van der Waals surface area contributed by atoms with E-state index in [0.29, 0.717) is 17.9 Å². The van der Waals surface area contributed by atoms with E-state index in [1.54, 1.807) is 32.9 Å². The minimum absolute atomic E-state index is 0.661. The molecule has 0 saturated carbocycles. The van der Waals surface area contributed by atoms with Crippen LogP contribution < -0.4 is 9.47 Å². The molecule has 2 aromatic carbocycles. The van der Waals surface area contributed by atoms with Crippen LogP contribution >= 0.6 is 0 Å². The largest absolute Gasteiger partial charge is 0.493 e. The first-order chi connectivity index (χ1) is 13.3. The van der Waals surface area contributed by atoms with Gasteiger partial charge in [0, 0.05) is 30.3 Å². The average Bonchev–Trinajstić information content (AvgIpc) is 2.74. The molecule has 0 unspecified atom stereocenters. The summed E-state index contributed by atoms with van der Waals surface area (Å²) in [6.07, 6.45) is 5.91. The third-order valence-corrected chi connectivity index (χ3v) is 4.54. The third-order valence-electron chi connectivity index (χ3n) is 4.54. The summed E-state index contributed by atoms with van der Waals surface area (Å²) in [6.45, 7) is 0. The van der Waals surface area contributed by atoms with Gasteiger partial charge in [0.25, 0.3) is 0 Å². The molecule has 2 heterocycles. The second-order valence-electron chi connectivity index (χ2n) is 6.16. The molecule has 4 rings (SSSR count). The SMILES string of the molecule is COc1cc2ncnc(Cc3cccc(-c4ccncc4)c3)c2cc1OC. The summed E-state index contributed by atoms with van der Waals surface area (Å²) in [5.74, 6) is 1.33. The van der Waals surface area contributed by atoms with Crippen molar-refractivity contribution in [1.29, 1.82) is 0 Å². The van der Waals surface area contributed by atoms with Crippen molar-refractivity contribution in [2.75, 3.05) is 14.2 Å². The topological polar surface area (TPSA) is 57.1 Å². The zero-order valence-electron chi connectivity index (χ0n) is 15.2. The van der Waals surface area contributed by atoms with Gasteiger partial charge in [0.2, 0.25) is 0 Å². The molecule has 5 nitrogen and oxygen atoms in total. The molecule has 0 amide bonds. The van der Waals surface area contributed by atoms with E-state index in [1.165, 1.54) is 5.56 Å². The number of benzene rings is 2. The number of ether oxygens (including phenoxy) is 2. The van der Waals surface area contributed by atoms with Gasteiger partial charge < -0.3 is 9.47 Å². The second kappa shape index (κ2) is 7.41. The van der Waals surface area contributed by atoms with E-state index in [1.807, 2.05) is 24.3 Å². The number of rotatable bonds is 5. The summed E-state index contributed by atoms with van der Waals surface area (Å²) >= 11 is 0. The lowest BCUT2D eigenvalue weighted by atomic mass is 10.0. The van der Waals surface area contributed by atoms with Gasteiger partial charge in [0.15, 0.2) is 11.5 Å². The molecule has 0 aliphatic heterocycles. The van der Waals surface area contributed by atoms with E-state index in [9.17, 15) is 0 Å². The van der Waals surface area contributed by atoms with Crippen molar-refractivity contribution in [2.24, 2.45) is 0 Å². The highest BCUT2D eigenvalue weighted by Crippen LogP contribution is 2.33. The molecule has 2 aromatic heterocycles. The van der Waals surface area contributed by atoms with Gasteiger partial charge in [-0.1, -0.05) is 24.3 Å². The van der Waals surface area contributed by atoms with E-state index in [0.717, 1.165) is 27.7 Å². The van der Waals surface area contributed by atoms with E-state index in [-0.39, 0.29) is 0 Å². The molecule has 0 aliphatic rings. The lowest BCUT2D eigenvalue weighted by Gasteiger charge is -2.11. The van der Waals surface area contributed by atoms with Crippen molar-refractivity contribution in [2.45, 2.75) is 6.42 Å². The molecule has 0 fully saturated rings. The Morgan fingerprint density at radius 1 is 0.815 bits per heavy atom. The van der Waals surface area contributed by atoms with Crippen molar-refractivity contribution < 1.29 is 9.47 Å². The molecular formula is C22H19N3O2. The number of aromatic nitrogens is 3. The van der Waals surface area contributed by atoms with Gasteiger partial charge in [-0.25, -0.2) is 9.97 Å². The Labute approximate surface area is 157 Å². The van der Waals surface area contributed by atoms with Crippen LogP contribution in [0.25, 0.3) is 22.0 Å². The lowest BCUT2D eigenvalue weighted by molar-refractivity contribution is 0.355. The average molecular weight is 357 g/mol. The normalized spacial score (nSPS) is 10.7. The molecule has 27 heavy (non-hydrogen) atoms. The highest BCUT2D eigenvalue weighted by Gasteiger charge is 2.11. The fourth-order valence-corrected chi connectivity index (χ4v) is 3.18. The summed E-state index contributed by atoms with van der Waals surface area (Å²) in [5, 5.41) is 0.962. The van der Waals surface area contributed by atoms with Crippen molar-refractivity contribution in [1.82, 2.24) is 15.0 Å². The number of hydrogen-bond acceptors (Lipinski definition) is 5. The predicted molar refractivity (Wildman–Crippen MR) is 105 cm³/mol. The maximum Gasteiger partial charge on any atom is 0.162 e. The molecule has 0 aliphatic carbocycles. The first-order valence-corrected chi connectivity index (χ1v) is 8.63. The zero-order chi connectivity index (χ0) is 18.6. The quantitative estimate of drug-likeness (QED) is 0.533. The Hall–Kier alpha value is -3.47. The van der Waals surface area contributed by atoms with Gasteiger partial charge in [-0.15, -0.1) is 0 Å². The molecule has 0 spiro atoms. The molecule has 5 heteroatoms. The number of methoxy groups -OCH3 is 2. The smallest absolute Gasteiger partial charge is 0.162 e. The van der Waals surface area contributed by atoms with Crippen LogP contribution in [0.2, 0.25) is 0 Å². The van der Waals surface area contributed by atoms with Gasteiger partial charge in [-0.3, -0.25) is 4.98 Å². The minimum Gasteiger partial charge on any atom is -0.493 e. The zero-order valence-corrected chi connectivity index (χ0v) is 15.2. The summed E-state index contributed by atoms with van der Waals surface area (Å²) in [5.41, 5.74) is 5.27. The monoisotopic (exact) mass is 357 g/mol. The van der Waals surface area contributed by atoms with Crippen molar-refractivity contribution in [3.05, 3.63) is 78.5 Å². The van der Waals surface area contributed by atoms with Gasteiger partial charge in [-0.05, 0) is 34.9 Å². The van der Waals surface area contributed by atoms with E-state index < -0.39 is 0 Å². The minimum atomic E-state index is 0.661. The summed E-state index contributed by atoms with van der Waals surface area (Å²) in [4.78, 5) is 13.0. The summed E-state index contributed by atoms with van der Waals surface area (Å²) in [6, 6.07) is 16.3. The Morgan fingerprint density at radius 3 is 2.37 bits per heavy atom. The fraction of sp³-hybridized carbons (Fsp3) is 0.136. The Kier molecular flexibility index (Phi) is 4.66. The number of fused-ring (bicyclic) bond motifs is 1. The number of nitrogens with zero attached hydrogens (tertiary/aromatic N) is 3. The van der Waals surface area contributed by atoms with Crippen LogP contribution in [-0.2, 0) is 6.42 Å². The first kappa shape index (κ1) is 17.0. The maximum absolute atomic E-state index is 5.44. The Balaban J connectivity index is 1.74. The van der Waals surface area contributed by atoms with Gasteiger partial charge >= 0.3 is 0 Å². The van der Waals surface area contributed by atoms with E-state index >= 15 is 0 Å².